The number of benzene rings is 2. The molecule has 1 aromatic heterocycles. The van der Waals surface area contributed by atoms with Gasteiger partial charge in [0, 0.05) is 11.6 Å². The molecule has 7 heteroatoms. The molecule has 0 saturated heterocycles. The van der Waals surface area contributed by atoms with Crippen molar-refractivity contribution in [1.82, 2.24) is 9.97 Å². The highest BCUT2D eigenvalue weighted by Crippen LogP contribution is 2.45. The van der Waals surface area contributed by atoms with Gasteiger partial charge in [0.25, 0.3) is 0 Å². The molecule has 0 fully saturated rings. The number of fused-ring (bicyclic) bond motifs is 1. The van der Waals surface area contributed by atoms with Crippen molar-refractivity contribution in [2.24, 2.45) is 22.1 Å². The summed E-state index contributed by atoms with van der Waals surface area (Å²) < 4.78 is 0. The summed E-state index contributed by atoms with van der Waals surface area (Å²) in [5, 5.41) is 11.4. The minimum absolute atomic E-state index is 0.0178. The molecule has 174 valence electrons. The van der Waals surface area contributed by atoms with E-state index in [4.69, 9.17) is 10.7 Å². The molecule has 4 rings (SSSR count). The zero-order valence-electron chi connectivity index (χ0n) is 19.2. The van der Waals surface area contributed by atoms with Crippen LogP contribution >= 0.6 is 0 Å². The van der Waals surface area contributed by atoms with Gasteiger partial charge in [-0.05, 0) is 22.8 Å². The number of aliphatic carboxylic acids is 1. The highest BCUT2D eigenvalue weighted by molar-refractivity contribution is 5.94. The Kier molecular flexibility index (Phi) is 6.30. The Labute approximate surface area is 198 Å². The Balaban J connectivity index is 1.89. The smallest absolute Gasteiger partial charge is 0.320 e. The number of carboxylic acids is 1. The van der Waals surface area contributed by atoms with Gasteiger partial charge in [0.15, 0.2) is 0 Å². The van der Waals surface area contributed by atoms with Crippen LogP contribution < -0.4 is 5.73 Å². The minimum Gasteiger partial charge on any atom is -0.480 e. The second kappa shape index (κ2) is 9.19. The fourth-order valence-electron chi connectivity index (χ4n) is 4.61. The maximum atomic E-state index is 14.0. The van der Waals surface area contributed by atoms with E-state index in [2.05, 4.69) is 9.97 Å². The van der Waals surface area contributed by atoms with Crippen LogP contribution in [-0.2, 0) is 15.1 Å². The van der Waals surface area contributed by atoms with Crippen LogP contribution in [0.4, 0.5) is 0 Å². The number of nitrogens with one attached hydrogen (secondary N) is 1. The molecular formula is C27H28N4O3. The first kappa shape index (κ1) is 23.3. The van der Waals surface area contributed by atoms with E-state index in [-0.39, 0.29) is 12.2 Å². The van der Waals surface area contributed by atoms with Crippen LogP contribution in [0, 0.1) is 11.3 Å². The van der Waals surface area contributed by atoms with E-state index >= 15 is 0 Å². The fourth-order valence-corrected chi connectivity index (χ4v) is 4.61. The molecule has 0 spiro atoms. The molecule has 3 aromatic rings. The van der Waals surface area contributed by atoms with Crippen molar-refractivity contribution >= 4 is 28.7 Å². The van der Waals surface area contributed by atoms with Crippen molar-refractivity contribution in [1.29, 1.82) is 0 Å². The fraction of sp³-hybridized carbons (Fsp3) is 0.259. The van der Waals surface area contributed by atoms with Crippen LogP contribution in [0.25, 0.3) is 10.8 Å². The van der Waals surface area contributed by atoms with Gasteiger partial charge in [-0.2, -0.15) is 0 Å². The van der Waals surface area contributed by atoms with Gasteiger partial charge in [-0.15, -0.1) is 0 Å². The van der Waals surface area contributed by atoms with E-state index in [0.717, 1.165) is 16.3 Å². The number of hydrogen-bond acceptors (Lipinski definition) is 5. The summed E-state index contributed by atoms with van der Waals surface area (Å²) in [4.78, 5) is 37.6. The van der Waals surface area contributed by atoms with Gasteiger partial charge in [0.05, 0.1) is 24.2 Å². The monoisotopic (exact) mass is 456 g/mol. The van der Waals surface area contributed by atoms with Crippen molar-refractivity contribution < 1.29 is 14.7 Å². The molecule has 0 amide bonds. The number of carbonyl (C=O) groups excluding carboxylic acids is 1. The predicted molar refractivity (Wildman–Crippen MR) is 133 cm³/mol. The van der Waals surface area contributed by atoms with Crippen molar-refractivity contribution in [2.45, 2.75) is 31.8 Å². The Morgan fingerprint density at radius 3 is 2.74 bits per heavy atom. The van der Waals surface area contributed by atoms with E-state index in [9.17, 15) is 14.7 Å². The largest absolute Gasteiger partial charge is 0.480 e. The van der Waals surface area contributed by atoms with E-state index in [0.29, 0.717) is 5.69 Å². The van der Waals surface area contributed by atoms with Gasteiger partial charge in [0.1, 0.15) is 17.4 Å². The first-order chi connectivity index (χ1) is 16.2. The lowest BCUT2D eigenvalue weighted by Gasteiger charge is -2.39. The third-order valence-corrected chi connectivity index (χ3v) is 6.39. The van der Waals surface area contributed by atoms with Gasteiger partial charge in [-0.25, -0.2) is 4.98 Å². The van der Waals surface area contributed by atoms with E-state index < -0.39 is 28.9 Å². The molecule has 0 aliphatic heterocycles. The molecule has 4 N–H and O–H groups in total. The van der Waals surface area contributed by atoms with Crippen LogP contribution in [0.2, 0.25) is 0 Å². The third-order valence-electron chi connectivity index (χ3n) is 6.39. The van der Waals surface area contributed by atoms with E-state index in [1.807, 2.05) is 66.8 Å². The highest BCUT2D eigenvalue weighted by Gasteiger charge is 2.47. The maximum Gasteiger partial charge on any atom is 0.320 e. The van der Waals surface area contributed by atoms with Crippen LogP contribution in [0.15, 0.2) is 84.3 Å². The minimum atomic E-state index is -1.14. The third kappa shape index (κ3) is 4.34. The molecular weight excluding hydrogens is 428 g/mol. The average Bonchev–Trinajstić information content (AvgIpc) is 3.35. The van der Waals surface area contributed by atoms with Crippen LogP contribution in [0.1, 0.15) is 31.5 Å². The molecule has 1 aliphatic rings. The first-order valence-corrected chi connectivity index (χ1v) is 11.2. The number of imidazole rings is 1. The molecule has 1 aliphatic carbocycles. The zero-order valence-corrected chi connectivity index (χ0v) is 19.2. The van der Waals surface area contributed by atoms with Crippen molar-refractivity contribution in [3.8, 4) is 0 Å². The average molecular weight is 457 g/mol. The number of ketones is 1. The Morgan fingerprint density at radius 1 is 1.24 bits per heavy atom. The highest BCUT2D eigenvalue weighted by atomic mass is 16.4. The quantitative estimate of drug-likeness (QED) is 0.442. The van der Waals surface area contributed by atoms with Crippen molar-refractivity contribution in [3.05, 3.63) is 90.6 Å². The second-order valence-electron chi connectivity index (χ2n) is 9.22. The number of aromatic nitrogens is 2. The van der Waals surface area contributed by atoms with Crippen LogP contribution in [-0.4, -0.2) is 39.1 Å². The SMILES string of the molecule is CC(C)(CC(N)C(=O)O)C(=O)C1C=CC=CC1(/N=C/c1c[nH]cn1)c1cccc2ccccc12. The van der Waals surface area contributed by atoms with Crippen molar-refractivity contribution in [3.63, 3.8) is 0 Å². The number of nitrogens with two attached hydrogens (primary N) is 1. The number of allylic oxidation sites excluding steroid dienone is 2. The van der Waals surface area contributed by atoms with Gasteiger partial charge in [-0.1, -0.05) is 80.6 Å². The number of carbonyl (C=O) groups is 2. The lowest BCUT2D eigenvalue weighted by atomic mass is 9.66. The van der Waals surface area contributed by atoms with Crippen molar-refractivity contribution in [2.75, 3.05) is 0 Å². The van der Waals surface area contributed by atoms with E-state index in [1.54, 1.807) is 32.6 Å². The number of aromatic amines is 1. The number of Topliss-reactive ketones (excluding diaryl/α,β-unsaturated/α-hetero) is 1. The van der Waals surface area contributed by atoms with Gasteiger partial charge in [-0.3, -0.25) is 14.6 Å². The van der Waals surface area contributed by atoms with E-state index in [1.165, 1.54) is 0 Å². The van der Waals surface area contributed by atoms with Gasteiger partial charge < -0.3 is 15.8 Å². The predicted octanol–water partition coefficient (Wildman–Crippen LogP) is 4.02. The summed E-state index contributed by atoms with van der Waals surface area (Å²) in [6, 6.07) is 12.8. The molecule has 0 radical (unpaired) electrons. The van der Waals surface area contributed by atoms with Crippen LogP contribution in [0.3, 0.4) is 0 Å². The lowest BCUT2D eigenvalue weighted by molar-refractivity contribution is -0.140. The number of aliphatic imine (C=N–C) groups is 1. The zero-order chi connectivity index (χ0) is 24.3. The summed E-state index contributed by atoms with van der Waals surface area (Å²) in [5.74, 6) is -1.93. The Hall–Kier alpha value is -3.84. The summed E-state index contributed by atoms with van der Waals surface area (Å²) in [6.45, 7) is 3.49. The molecule has 2 aromatic carbocycles. The number of hydrogen-bond donors (Lipinski definition) is 3. The molecule has 0 saturated carbocycles. The maximum absolute atomic E-state index is 14.0. The van der Waals surface area contributed by atoms with Crippen LogP contribution in [0.5, 0.6) is 0 Å². The molecule has 3 unspecified atom stereocenters. The summed E-state index contributed by atoms with van der Waals surface area (Å²) >= 11 is 0. The molecule has 34 heavy (non-hydrogen) atoms. The number of H-pyrrole nitrogens is 1. The summed E-state index contributed by atoms with van der Waals surface area (Å²) in [5.41, 5.74) is 5.31. The lowest BCUT2D eigenvalue weighted by Crippen LogP contribution is -2.46. The molecule has 0 bridgehead atoms. The van der Waals surface area contributed by atoms with Gasteiger partial charge >= 0.3 is 5.97 Å². The molecule has 1 heterocycles. The Bertz CT molecular complexity index is 1280. The van der Waals surface area contributed by atoms with Gasteiger partial charge in [0.2, 0.25) is 0 Å². The molecule has 7 nitrogen and oxygen atoms in total. The summed E-state index contributed by atoms with van der Waals surface area (Å²) in [6.07, 6.45) is 12.5. The number of carboxylic acid groups (broad SMARTS) is 1. The summed E-state index contributed by atoms with van der Waals surface area (Å²) in [7, 11) is 0. The first-order valence-electron chi connectivity index (χ1n) is 11.2. The number of rotatable bonds is 8. The standard InChI is InChI=1S/C27H28N4O3/c1-26(2,14-23(28)25(33)34)24(32)22-11-5-6-13-27(22,31-16-19-15-29-17-30-19)21-12-7-9-18-8-3-4-10-20(18)21/h3-13,15-17,22-23H,14,28H2,1-2H3,(H,29,30)(H,33,34)/b31-16+. The Morgan fingerprint density at radius 2 is 2.00 bits per heavy atom. The molecule has 3 atom stereocenters. The number of nitrogens with zero attached hydrogens (tertiary/aromatic N) is 2. The topological polar surface area (TPSA) is 121 Å². The second-order valence-corrected chi connectivity index (χ2v) is 9.22. The normalized spacial score (nSPS) is 21.2.